The molecule has 0 N–H and O–H groups in total. The average molecular weight is 264 g/mol. The quantitative estimate of drug-likeness (QED) is 0.825. The number of hydrogen-bond donors (Lipinski definition) is 0. The number of rotatable bonds is 4. The van der Waals surface area contributed by atoms with Crippen LogP contribution in [0.1, 0.15) is 5.56 Å². The van der Waals surface area contributed by atoms with E-state index in [0.29, 0.717) is 6.61 Å². The van der Waals surface area contributed by atoms with E-state index >= 15 is 0 Å². The molecule has 4 heteroatoms. The predicted molar refractivity (Wildman–Crippen MR) is 77.7 cm³/mol. The van der Waals surface area contributed by atoms with Crippen LogP contribution in [0, 0.1) is 0 Å². The molecule has 0 saturated carbocycles. The fraction of sp³-hybridized carbons (Fsp3) is 0.600. The monoisotopic (exact) mass is 264 g/mol. The second-order valence-electron chi connectivity index (χ2n) is 5.23. The van der Waals surface area contributed by atoms with Gasteiger partial charge in [-0.05, 0) is 17.7 Å². The van der Waals surface area contributed by atoms with Gasteiger partial charge in [0.25, 0.3) is 0 Å². The highest BCUT2D eigenvalue weighted by molar-refractivity contribution is 5.45. The van der Waals surface area contributed by atoms with Gasteiger partial charge in [-0.15, -0.1) is 0 Å². The molecule has 1 aromatic carbocycles. The maximum atomic E-state index is 5.54. The summed E-state index contributed by atoms with van der Waals surface area (Å²) in [5.74, 6) is 0. The van der Waals surface area contributed by atoms with Crippen LogP contribution in [0.3, 0.4) is 0 Å². The SMILES string of the molecule is CO[C@H]1COCCN(Cc2ccc(N(C)C)cc2)C1. The second-order valence-corrected chi connectivity index (χ2v) is 5.23. The molecule has 1 fully saturated rings. The standard InChI is InChI=1S/C15H24N2O2/c1-16(2)14-6-4-13(5-7-14)10-17-8-9-19-12-15(11-17)18-3/h4-7,15H,8-12H2,1-3H3/t15-/m1/s1. The van der Waals surface area contributed by atoms with Crippen LogP contribution >= 0.6 is 0 Å². The molecule has 0 unspecified atom stereocenters. The number of methoxy groups -OCH3 is 1. The first-order valence-corrected chi connectivity index (χ1v) is 6.78. The van der Waals surface area contributed by atoms with E-state index in [2.05, 4.69) is 48.2 Å². The van der Waals surface area contributed by atoms with Crippen LogP contribution in [-0.2, 0) is 16.0 Å². The van der Waals surface area contributed by atoms with E-state index in [1.807, 2.05) is 0 Å². The zero-order chi connectivity index (χ0) is 13.7. The molecule has 1 aromatic rings. The summed E-state index contributed by atoms with van der Waals surface area (Å²) in [5.41, 5.74) is 2.57. The summed E-state index contributed by atoms with van der Waals surface area (Å²) in [6.45, 7) is 4.35. The summed E-state index contributed by atoms with van der Waals surface area (Å²) in [4.78, 5) is 4.51. The fourth-order valence-electron chi connectivity index (χ4n) is 2.28. The third kappa shape index (κ3) is 4.20. The number of ether oxygens (including phenoxy) is 2. The summed E-state index contributed by atoms with van der Waals surface area (Å²) >= 11 is 0. The van der Waals surface area contributed by atoms with Crippen LogP contribution in [0.4, 0.5) is 5.69 Å². The van der Waals surface area contributed by atoms with Crippen molar-refractivity contribution in [3.8, 4) is 0 Å². The molecule has 0 aliphatic carbocycles. The molecule has 2 rings (SSSR count). The highest BCUT2D eigenvalue weighted by Gasteiger charge is 2.18. The van der Waals surface area contributed by atoms with E-state index in [-0.39, 0.29) is 6.10 Å². The molecule has 0 spiro atoms. The number of benzene rings is 1. The Hall–Kier alpha value is -1.10. The molecule has 0 aromatic heterocycles. The number of nitrogens with zero attached hydrogens (tertiary/aromatic N) is 2. The van der Waals surface area contributed by atoms with Gasteiger partial charge in [0.15, 0.2) is 0 Å². The van der Waals surface area contributed by atoms with Crippen molar-refractivity contribution < 1.29 is 9.47 Å². The summed E-state index contributed by atoms with van der Waals surface area (Å²) in [6, 6.07) is 8.72. The highest BCUT2D eigenvalue weighted by Crippen LogP contribution is 2.14. The Labute approximate surface area is 115 Å². The van der Waals surface area contributed by atoms with Crippen molar-refractivity contribution in [2.45, 2.75) is 12.6 Å². The van der Waals surface area contributed by atoms with Gasteiger partial charge < -0.3 is 14.4 Å². The van der Waals surface area contributed by atoms with E-state index in [4.69, 9.17) is 9.47 Å². The zero-order valence-electron chi connectivity index (χ0n) is 12.1. The molecule has 19 heavy (non-hydrogen) atoms. The number of anilines is 1. The average Bonchev–Trinajstić information content (AvgIpc) is 2.64. The van der Waals surface area contributed by atoms with Gasteiger partial charge in [-0.3, -0.25) is 4.90 Å². The molecule has 0 bridgehead atoms. The van der Waals surface area contributed by atoms with Gasteiger partial charge in [-0.2, -0.15) is 0 Å². The molecule has 0 amide bonds. The zero-order valence-corrected chi connectivity index (χ0v) is 12.1. The van der Waals surface area contributed by atoms with Gasteiger partial charge in [-0.25, -0.2) is 0 Å². The Morgan fingerprint density at radius 2 is 2.05 bits per heavy atom. The van der Waals surface area contributed by atoms with Gasteiger partial charge >= 0.3 is 0 Å². The first-order valence-electron chi connectivity index (χ1n) is 6.78. The van der Waals surface area contributed by atoms with Gasteiger partial charge in [0.05, 0.1) is 19.3 Å². The molecule has 1 aliphatic heterocycles. The molecule has 0 radical (unpaired) electrons. The Balaban J connectivity index is 1.95. The summed E-state index contributed by atoms with van der Waals surface area (Å²) in [7, 11) is 5.87. The first-order chi connectivity index (χ1) is 9.19. The van der Waals surface area contributed by atoms with E-state index < -0.39 is 0 Å². The van der Waals surface area contributed by atoms with Gasteiger partial charge in [-0.1, -0.05) is 12.1 Å². The third-order valence-electron chi connectivity index (χ3n) is 3.51. The maximum absolute atomic E-state index is 5.54. The molecule has 1 aliphatic rings. The van der Waals surface area contributed by atoms with E-state index in [1.54, 1.807) is 7.11 Å². The lowest BCUT2D eigenvalue weighted by Crippen LogP contribution is -2.33. The molecule has 1 saturated heterocycles. The number of hydrogen-bond acceptors (Lipinski definition) is 4. The summed E-state index contributed by atoms with van der Waals surface area (Å²) in [6.07, 6.45) is 0.184. The van der Waals surface area contributed by atoms with Crippen molar-refractivity contribution in [1.82, 2.24) is 4.90 Å². The predicted octanol–water partition coefficient (Wildman–Crippen LogP) is 1.60. The van der Waals surface area contributed by atoms with Crippen molar-refractivity contribution in [1.29, 1.82) is 0 Å². The maximum Gasteiger partial charge on any atom is 0.0931 e. The van der Waals surface area contributed by atoms with Crippen molar-refractivity contribution in [3.63, 3.8) is 0 Å². The second kappa shape index (κ2) is 6.89. The lowest BCUT2D eigenvalue weighted by molar-refractivity contribution is 0.0225. The topological polar surface area (TPSA) is 24.9 Å². The molecule has 1 heterocycles. The summed E-state index contributed by atoms with van der Waals surface area (Å²) in [5, 5.41) is 0. The normalized spacial score (nSPS) is 21.1. The van der Waals surface area contributed by atoms with Crippen LogP contribution in [-0.4, -0.2) is 58.5 Å². The molecular formula is C15H24N2O2. The minimum atomic E-state index is 0.184. The van der Waals surface area contributed by atoms with E-state index in [9.17, 15) is 0 Å². The molecule has 1 atom stereocenters. The van der Waals surface area contributed by atoms with Gasteiger partial charge in [0.1, 0.15) is 0 Å². The molecule has 4 nitrogen and oxygen atoms in total. The smallest absolute Gasteiger partial charge is 0.0931 e. The van der Waals surface area contributed by atoms with Crippen LogP contribution in [0.25, 0.3) is 0 Å². The molecular weight excluding hydrogens is 240 g/mol. The van der Waals surface area contributed by atoms with Crippen LogP contribution < -0.4 is 4.90 Å². The van der Waals surface area contributed by atoms with Crippen molar-refractivity contribution >= 4 is 5.69 Å². The summed E-state index contributed by atoms with van der Waals surface area (Å²) < 4.78 is 11.0. The van der Waals surface area contributed by atoms with Crippen molar-refractivity contribution in [2.24, 2.45) is 0 Å². The first kappa shape index (κ1) is 14.3. The minimum Gasteiger partial charge on any atom is -0.378 e. The van der Waals surface area contributed by atoms with Crippen molar-refractivity contribution in [2.75, 3.05) is 52.4 Å². The Morgan fingerprint density at radius 3 is 2.68 bits per heavy atom. The van der Waals surface area contributed by atoms with Crippen LogP contribution in [0.5, 0.6) is 0 Å². The minimum absolute atomic E-state index is 0.184. The van der Waals surface area contributed by atoms with E-state index in [1.165, 1.54) is 11.3 Å². The van der Waals surface area contributed by atoms with Gasteiger partial charge in [0, 0.05) is 46.5 Å². The lowest BCUT2D eigenvalue weighted by atomic mass is 10.2. The molecule has 106 valence electrons. The van der Waals surface area contributed by atoms with Crippen LogP contribution in [0.2, 0.25) is 0 Å². The van der Waals surface area contributed by atoms with E-state index in [0.717, 1.165) is 26.2 Å². The highest BCUT2D eigenvalue weighted by atomic mass is 16.5. The van der Waals surface area contributed by atoms with Crippen LogP contribution in [0.15, 0.2) is 24.3 Å². The Bertz CT molecular complexity index is 378. The van der Waals surface area contributed by atoms with Gasteiger partial charge in [0.2, 0.25) is 0 Å². The van der Waals surface area contributed by atoms with Crippen molar-refractivity contribution in [3.05, 3.63) is 29.8 Å². The Kier molecular flexibility index (Phi) is 5.19. The third-order valence-corrected chi connectivity index (χ3v) is 3.51. The lowest BCUT2D eigenvalue weighted by Gasteiger charge is -2.23. The largest absolute Gasteiger partial charge is 0.378 e. The Morgan fingerprint density at radius 1 is 1.32 bits per heavy atom. The fourth-order valence-corrected chi connectivity index (χ4v) is 2.28.